The number of benzene rings is 2. The summed E-state index contributed by atoms with van der Waals surface area (Å²) in [6, 6.07) is 20.7. The summed E-state index contributed by atoms with van der Waals surface area (Å²) >= 11 is 0. The molecule has 0 aliphatic carbocycles. The van der Waals surface area contributed by atoms with E-state index in [0.29, 0.717) is 11.3 Å². The molecule has 1 aliphatic rings. The van der Waals surface area contributed by atoms with Crippen LogP contribution in [0.15, 0.2) is 77.4 Å². The Morgan fingerprint density at radius 3 is 2.50 bits per heavy atom. The Kier molecular flexibility index (Phi) is 6.25. The Morgan fingerprint density at radius 2 is 1.77 bits per heavy atom. The normalized spacial score (nSPS) is 16.7. The van der Waals surface area contributed by atoms with Gasteiger partial charge in [-0.2, -0.15) is 0 Å². The van der Waals surface area contributed by atoms with Gasteiger partial charge < -0.3 is 15.1 Å². The highest BCUT2D eigenvalue weighted by atomic mass is 16.3. The summed E-state index contributed by atoms with van der Waals surface area (Å²) in [5.74, 6) is -0.169. The van der Waals surface area contributed by atoms with Crippen LogP contribution in [0.2, 0.25) is 0 Å². The zero-order valence-corrected chi connectivity index (χ0v) is 16.7. The van der Waals surface area contributed by atoms with Crippen LogP contribution >= 0.6 is 0 Å². The largest absolute Gasteiger partial charge is 0.459 e. The Bertz CT molecular complexity index is 969. The first-order valence-corrected chi connectivity index (χ1v) is 10.2. The molecule has 0 saturated carbocycles. The van der Waals surface area contributed by atoms with Crippen molar-refractivity contribution in [3.63, 3.8) is 0 Å². The number of nitrogens with zero attached hydrogens (tertiary/aromatic N) is 1. The summed E-state index contributed by atoms with van der Waals surface area (Å²) in [7, 11) is 0. The van der Waals surface area contributed by atoms with Crippen LogP contribution in [0.25, 0.3) is 0 Å². The lowest BCUT2D eigenvalue weighted by molar-refractivity contribution is 0.0900. The second-order valence-electron chi connectivity index (χ2n) is 7.54. The topological polar surface area (TPSA) is 74.6 Å². The summed E-state index contributed by atoms with van der Waals surface area (Å²) in [4.78, 5) is 27.1. The quantitative estimate of drug-likeness (QED) is 0.654. The number of piperidine rings is 1. The predicted octanol–water partition coefficient (Wildman–Crippen LogP) is 3.93. The number of hydrogen-bond acceptors (Lipinski definition) is 4. The Labute approximate surface area is 175 Å². The molecule has 1 aromatic heterocycles. The molecule has 1 saturated heterocycles. The lowest BCUT2D eigenvalue weighted by Gasteiger charge is -2.33. The molecule has 4 rings (SSSR count). The average Bonchev–Trinajstić information content (AvgIpc) is 3.30. The van der Waals surface area contributed by atoms with Gasteiger partial charge in [-0.15, -0.1) is 0 Å². The summed E-state index contributed by atoms with van der Waals surface area (Å²) in [5, 5.41) is 5.90. The minimum absolute atomic E-state index is 0.0922. The van der Waals surface area contributed by atoms with Crippen molar-refractivity contribution in [2.45, 2.75) is 25.4 Å². The van der Waals surface area contributed by atoms with E-state index < -0.39 is 0 Å². The molecule has 2 amide bonds. The number of amides is 2. The lowest BCUT2D eigenvalue weighted by atomic mass is 10.0. The molecular formula is C24H25N3O3. The highest BCUT2D eigenvalue weighted by molar-refractivity contribution is 6.02. The molecule has 3 aromatic rings. The number of furan rings is 1. The van der Waals surface area contributed by atoms with Crippen molar-refractivity contribution in [3.8, 4) is 0 Å². The minimum Gasteiger partial charge on any atom is -0.459 e. The first kappa shape index (κ1) is 19.9. The molecule has 1 atom stereocenters. The van der Waals surface area contributed by atoms with E-state index in [4.69, 9.17) is 4.42 Å². The number of nitrogens with one attached hydrogen (secondary N) is 2. The van der Waals surface area contributed by atoms with Crippen molar-refractivity contribution >= 4 is 17.5 Å². The van der Waals surface area contributed by atoms with E-state index in [1.54, 1.807) is 36.4 Å². The fourth-order valence-corrected chi connectivity index (χ4v) is 3.73. The molecule has 0 radical (unpaired) electrons. The molecule has 0 spiro atoms. The molecular weight excluding hydrogens is 378 g/mol. The fourth-order valence-electron chi connectivity index (χ4n) is 3.73. The third-order valence-electron chi connectivity index (χ3n) is 5.24. The fraction of sp³-hybridized carbons (Fsp3) is 0.250. The van der Waals surface area contributed by atoms with E-state index in [0.717, 1.165) is 32.5 Å². The summed E-state index contributed by atoms with van der Waals surface area (Å²) in [6.45, 7) is 2.79. The van der Waals surface area contributed by atoms with Crippen molar-refractivity contribution in [3.05, 3.63) is 89.9 Å². The monoisotopic (exact) mass is 403 g/mol. The number of hydrogen-bond donors (Lipinski definition) is 2. The van der Waals surface area contributed by atoms with E-state index in [2.05, 4.69) is 39.8 Å². The second kappa shape index (κ2) is 9.41. The van der Waals surface area contributed by atoms with Crippen molar-refractivity contribution in [2.24, 2.45) is 0 Å². The van der Waals surface area contributed by atoms with Crippen LogP contribution in [0, 0.1) is 0 Å². The Hall–Kier alpha value is -3.38. The van der Waals surface area contributed by atoms with Crippen molar-refractivity contribution in [1.82, 2.24) is 10.2 Å². The van der Waals surface area contributed by atoms with E-state index in [1.165, 1.54) is 11.8 Å². The van der Waals surface area contributed by atoms with Gasteiger partial charge in [-0.25, -0.2) is 0 Å². The second-order valence-corrected chi connectivity index (χ2v) is 7.54. The van der Waals surface area contributed by atoms with Gasteiger partial charge in [0.15, 0.2) is 5.76 Å². The third-order valence-corrected chi connectivity index (χ3v) is 5.24. The van der Waals surface area contributed by atoms with Gasteiger partial charge in [0.25, 0.3) is 11.8 Å². The maximum atomic E-state index is 12.7. The van der Waals surface area contributed by atoms with Gasteiger partial charge in [-0.1, -0.05) is 30.3 Å². The molecule has 1 aliphatic heterocycles. The van der Waals surface area contributed by atoms with Crippen LogP contribution < -0.4 is 10.6 Å². The van der Waals surface area contributed by atoms with Crippen LogP contribution in [0.5, 0.6) is 0 Å². The highest BCUT2D eigenvalue weighted by Gasteiger charge is 2.22. The summed E-state index contributed by atoms with van der Waals surface area (Å²) in [6.07, 6.45) is 3.50. The molecule has 2 heterocycles. The van der Waals surface area contributed by atoms with Crippen LogP contribution in [-0.4, -0.2) is 35.8 Å². The molecule has 2 N–H and O–H groups in total. The molecule has 1 unspecified atom stereocenters. The van der Waals surface area contributed by atoms with Gasteiger partial charge in [-0.3, -0.25) is 14.5 Å². The van der Waals surface area contributed by atoms with Crippen LogP contribution in [0.1, 0.15) is 39.3 Å². The maximum absolute atomic E-state index is 12.7. The van der Waals surface area contributed by atoms with Crippen molar-refractivity contribution in [2.75, 3.05) is 18.4 Å². The van der Waals surface area contributed by atoms with Crippen molar-refractivity contribution in [1.29, 1.82) is 0 Å². The van der Waals surface area contributed by atoms with E-state index in [9.17, 15) is 9.59 Å². The molecule has 154 valence electrons. The van der Waals surface area contributed by atoms with Crippen molar-refractivity contribution < 1.29 is 14.0 Å². The molecule has 30 heavy (non-hydrogen) atoms. The van der Waals surface area contributed by atoms with E-state index in [1.807, 2.05) is 6.07 Å². The van der Waals surface area contributed by atoms with Gasteiger partial charge >= 0.3 is 0 Å². The summed E-state index contributed by atoms with van der Waals surface area (Å²) < 4.78 is 5.08. The summed E-state index contributed by atoms with van der Waals surface area (Å²) in [5.41, 5.74) is 2.47. The van der Waals surface area contributed by atoms with E-state index >= 15 is 0 Å². The Morgan fingerprint density at radius 1 is 0.967 bits per heavy atom. The number of carbonyl (C=O) groups is 2. The zero-order chi connectivity index (χ0) is 20.8. The first-order chi connectivity index (χ1) is 14.7. The van der Waals surface area contributed by atoms with Crippen LogP contribution in [0.3, 0.4) is 0 Å². The molecule has 1 fully saturated rings. The van der Waals surface area contributed by atoms with Gasteiger partial charge in [0.05, 0.1) is 6.26 Å². The number of carbonyl (C=O) groups excluding carboxylic acids is 2. The predicted molar refractivity (Wildman–Crippen MR) is 115 cm³/mol. The van der Waals surface area contributed by atoms with Gasteiger partial charge in [0, 0.05) is 30.4 Å². The Balaban J connectivity index is 1.30. The minimum atomic E-state index is -0.321. The van der Waals surface area contributed by atoms with Crippen LogP contribution in [0.4, 0.5) is 5.69 Å². The third kappa shape index (κ3) is 5.15. The smallest absolute Gasteiger partial charge is 0.291 e. The molecule has 0 bridgehead atoms. The number of rotatable bonds is 6. The van der Waals surface area contributed by atoms with Gasteiger partial charge in [-0.05, 0) is 61.3 Å². The number of likely N-dealkylation sites (tertiary alicyclic amines) is 1. The number of anilines is 1. The molecule has 2 aromatic carbocycles. The standard InChI is InChI=1S/C24H25N3O3/c28-23(19-10-12-20(13-11-19)25-24(29)22-9-5-15-30-22)26-21-8-4-14-27(17-21)16-18-6-2-1-3-7-18/h1-3,5-7,9-13,15,21H,4,8,14,16-17H2,(H,25,29)(H,26,28). The zero-order valence-electron chi connectivity index (χ0n) is 16.7. The molecule has 6 nitrogen and oxygen atoms in total. The molecule has 6 heteroatoms. The highest BCUT2D eigenvalue weighted by Crippen LogP contribution is 2.16. The van der Waals surface area contributed by atoms with E-state index in [-0.39, 0.29) is 23.6 Å². The average molecular weight is 403 g/mol. The van der Waals surface area contributed by atoms with Gasteiger partial charge in [0.2, 0.25) is 0 Å². The maximum Gasteiger partial charge on any atom is 0.291 e. The van der Waals surface area contributed by atoms with Gasteiger partial charge in [0.1, 0.15) is 0 Å². The first-order valence-electron chi connectivity index (χ1n) is 10.2. The SMILES string of the molecule is O=C(NC1CCCN(Cc2ccccc2)C1)c1ccc(NC(=O)c2ccco2)cc1. The lowest BCUT2D eigenvalue weighted by Crippen LogP contribution is -2.47. The van der Waals surface area contributed by atoms with Crippen LogP contribution in [-0.2, 0) is 6.54 Å².